The quantitative estimate of drug-likeness (QED) is 0.697. The van der Waals surface area contributed by atoms with Crippen molar-refractivity contribution in [3.05, 3.63) is 23.4 Å². The summed E-state index contributed by atoms with van der Waals surface area (Å²) < 4.78 is 26.1. The number of halogens is 2. The molecule has 4 heteroatoms. The van der Waals surface area contributed by atoms with Crippen molar-refractivity contribution in [2.75, 3.05) is 18.0 Å². The number of hydrogen-bond donors (Lipinski definition) is 0. The maximum Gasteiger partial charge on any atom is 0.251 e. The highest BCUT2D eigenvalue weighted by molar-refractivity contribution is 5.45. The molecule has 0 amide bonds. The summed E-state index contributed by atoms with van der Waals surface area (Å²) in [4.78, 5) is 6.13. The molecule has 1 saturated heterocycles. The van der Waals surface area contributed by atoms with Gasteiger partial charge in [0.2, 0.25) is 0 Å². The van der Waals surface area contributed by atoms with Crippen LogP contribution in [0.25, 0.3) is 0 Å². The van der Waals surface area contributed by atoms with Crippen molar-refractivity contribution in [2.45, 2.75) is 25.7 Å². The first-order chi connectivity index (χ1) is 8.00. The van der Waals surface area contributed by atoms with E-state index in [1.807, 2.05) is 24.0 Å². The molecule has 0 unspecified atom stereocenters. The molecule has 0 radical (unpaired) electrons. The topological polar surface area (TPSA) is 16.1 Å². The smallest absolute Gasteiger partial charge is 0.251 e. The lowest BCUT2D eigenvalue weighted by molar-refractivity contribution is -0.0221. The second-order valence-electron chi connectivity index (χ2n) is 4.38. The molecule has 2 heterocycles. The van der Waals surface area contributed by atoms with Crippen molar-refractivity contribution < 1.29 is 8.78 Å². The first kappa shape index (κ1) is 11.8. The van der Waals surface area contributed by atoms with E-state index in [1.54, 1.807) is 0 Å². The van der Waals surface area contributed by atoms with E-state index in [-0.39, 0.29) is 12.8 Å². The van der Waals surface area contributed by atoms with Crippen LogP contribution in [0, 0.1) is 19.3 Å². The van der Waals surface area contributed by atoms with Crippen LogP contribution in [0.1, 0.15) is 24.1 Å². The zero-order chi connectivity index (χ0) is 12.5. The van der Waals surface area contributed by atoms with Gasteiger partial charge in [-0.15, -0.1) is 6.42 Å². The molecule has 90 valence electrons. The zero-order valence-electron chi connectivity index (χ0n) is 9.71. The summed E-state index contributed by atoms with van der Waals surface area (Å²) in [6.45, 7) is 2.57. The fraction of sp³-hybridized carbons (Fsp3) is 0.462. The Morgan fingerprint density at radius 2 is 2.00 bits per heavy atom. The highest BCUT2D eigenvalue weighted by atomic mass is 19.3. The van der Waals surface area contributed by atoms with Crippen LogP contribution in [0.4, 0.5) is 14.6 Å². The molecule has 2 rings (SSSR count). The third kappa shape index (κ3) is 2.73. The molecule has 1 fully saturated rings. The molecule has 0 aliphatic carbocycles. The average Bonchev–Trinajstić information content (AvgIpc) is 2.28. The Morgan fingerprint density at radius 3 is 2.59 bits per heavy atom. The van der Waals surface area contributed by atoms with Crippen molar-refractivity contribution >= 4 is 5.82 Å². The molecule has 0 spiro atoms. The monoisotopic (exact) mass is 236 g/mol. The van der Waals surface area contributed by atoms with Crippen LogP contribution in [-0.4, -0.2) is 24.0 Å². The molecule has 0 saturated carbocycles. The highest BCUT2D eigenvalue weighted by Gasteiger charge is 2.34. The van der Waals surface area contributed by atoms with Gasteiger partial charge in [0.25, 0.3) is 5.92 Å². The van der Waals surface area contributed by atoms with Gasteiger partial charge >= 0.3 is 0 Å². The predicted octanol–water partition coefficient (Wildman–Crippen LogP) is 2.61. The molecule has 0 N–H and O–H groups in total. The van der Waals surface area contributed by atoms with E-state index in [4.69, 9.17) is 6.42 Å². The Kier molecular flexibility index (Phi) is 3.01. The van der Waals surface area contributed by atoms with E-state index in [9.17, 15) is 8.78 Å². The number of terminal acetylenes is 1. The fourth-order valence-electron chi connectivity index (χ4n) is 1.95. The van der Waals surface area contributed by atoms with Gasteiger partial charge in [-0.05, 0) is 24.6 Å². The lowest BCUT2D eigenvalue weighted by Gasteiger charge is -2.32. The number of alkyl halides is 2. The molecular formula is C13H14F2N2. The molecular weight excluding hydrogens is 222 g/mol. The van der Waals surface area contributed by atoms with Crippen molar-refractivity contribution in [1.82, 2.24) is 4.98 Å². The summed E-state index contributed by atoms with van der Waals surface area (Å²) in [5.74, 6) is 0.647. The van der Waals surface area contributed by atoms with E-state index in [0.29, 0.717) is 24.6 Å². The summed E-state index contributed by atoms with van der Waals surface area (Å²) in [5, 5.41) is 0. The first-order valence-corrected chi connectivity index (χ1v) is 5.58. The standard InChI is InChI=1S/C13H14F2N2/c1-3-11-8-10(2)9-12(16-11)17-6-4-13(14,15)5-7-17/h1,8-9H,4-7H2,2H3. The molecule has 1 aromatic heterocycles. The van der Waals surface area contributed by atoms with E-state index in [0.717, 1.165) is 5.56 Å². The Labute approximate surface area is 99.7 Å². The molecule has 0 aromatic carbocycles. The fourth-order valence-corrected chi connectivity index (χ4v) is 1.95. The first-order valence-electron chi connectivity index (χ1n) is 5.58. The molecule has 0 atom stereocenters. The van der Waals surface area contributed by atoms with Gasteiger partial charge in [-0.1, -0.05) is 5.92 Å². The third-order valence-electron chi connectivity index (χ3n) is 2.92. The lowest BCUT2D eigenvalue weighted by atomic mass is 10.1. The zero-order valence-corrected chi connectivity index (χ0v) is 9.71. The van der Waals surface area contributed by atoms with Crippen LogP contribution in [0.15, 0.2) is 12.1 Å². The summed E-state index contributed by atoms with van der Waals surface area (Å²) in [6.07, 6.45) is 5.08. The maximum absolute atomic E-state index is 13.0. The van der Waals surface area contributed by atoms with Crippen molar-refractivity contribution in [2.24, 2.45) is 0 Å². The van der Waals surface area contributed by atoms with Crippen molar-refractivity contribution in [3.63, 3.8) is 0 Å². The number of rotatable bonds is 1. The second kappa shape index (κ2) is 4.33. The van der Waals surface area contributed by atoms with Gasteiger partial charge in [-0.2, -0.15) is 0 Å². The van der Waals surface area contributed by atoms with E-state index in [2.05, 4.69) is 10.9 Å². The minimum atomic E-state index is -2.53. The number of aromatic nitrogens is 1. The number of piperidine rings is 1. The van der Waals surface area contributed by atoms with E-state index >= 15 is 0 Å². The van der Waals surface area contributed by atoms with Crippen LogP contribution in [-0.2, 0) is 0 Å². The summed E-state index contributed by atoms with van der Waals surface area (Å²) in [5.41, 5.74) is 1.55. The Balaban J connectivity index is 2.19. The number of nitrogens with zero attached hydrogens (tertiary/aromatic N) is 2. The summed E-state index contributed by atoms with van der Waals surface area (Å²) >= 11 is 0. The normalized spacial score (nSPS) is 18.8. The molecule has 0 bridgehead atoms. The van der Waals surface area contributed by atoms with Crippen LogP contribution < -0.4 is 4.90 Å². The van der Waals surface area contributed by atoms with Crippen LogP contribution in [0.3, 0.4) is 0 Å². The highest BCUT2D eigenvalue weighted by Crippen LogP contribution is 2.30. The Morgan fingerprint density at radius 1 is 1.35 bits per heavy atom. The van der Waals surface area contributed by atoms with E-state index < -0.39 is 5.92 Å². The minimum Gasteiger partial charge on any atom is -0.356 e. The number of anilines is 1. The van der Waals surface area contributed by atoms with Gasteiger partial charge in [-0.25, -0.2) is 13.8 Å². The average molecular weight is 236 g/mol. The van der Waals surface area contributed by atoms with Crippen LogP contribution >= 0.6 is 0 Å². The minimum absolute atomic E-state index is 0.117. The molecule has 1 aliphatic heterocycles. The number of hydrogen-bond acceptors (Lipinski definition) is 2. The lowest BCUT2D eigenvalue weighted by Crippen LogP contribution is -2.39. The molecule has 1 aliphatic rings. The van der Waals surface area contributed by atoms with Gasteiger partial charge in [0.15, 0.2) is 0 Å². The number of pyridine rings is 1. The van der Waals surface area contributed by atoms with Gasteiger partial charge in [0.1, 0.15) is 11.5 Å². The van der Waals surface area contributed by atoms with Crippen molar-refractivity contribution in [3.8, 4) is 12.3 Å². The summed E-state index contributed by atoms with van der Waals surface area (Å²) in [7, 11) is 0. The third-order valence-corrected chi connectivity index (χ3v) is 2.92. The maximum atomic E-state index is 13.0. The van der Waals surface area contributed by atoms with Gasteiger partial charge < -0.3 is 4.90 Å². The largest absolute Gasteiger partial charge is 0.356 e. The summed E-state index contributed by atoms with van der Waals surface area (Å²) in [6, 6.07) is 3.69. The van der Waals surface area contributed by atoms with E-state index in [1.165, 1.54) is 0 Å². The van der Waals surface area contributed by atoms with Crippen molar-refractivity contribution in [1.29, 1.82) is 0 Å². The Bertz CT molecular complexity index is 453. The molecule has 1 aromatic rings. The SMILES string of the molecule is C#Cc1cc(C)cc(N2CCC(F)(F)CC2)n1. The molecule has 17 heavy (non-hydrogen) atoms. The van der Waals surface area contributed by atoms with Gasteiger partial charge in [-0.3, -0.25) is 0 Å². The van der Waals surface area contributed by atoms with Crippen LogP contribution in [0.5, 0.6) is 0 Å². The molecule has 2 nitrogen and oxygen atoms in total. The number of aryl methyl sites for hydroxylation is 1. The van der Waals surface area contributed by atoms with Gasteiger partial charge in [0.05, 0.1) is 0 Å². The Hall–Kier alpha value is -1.63. The van der Waals surface area contributed by atoms with Gasteiger partial charge in [0, 0.05) is 25.9 Å². The second-order valence-corrected chi connectivity index (χ2v) is 4.38. The van der Waals surface area contributed by atoms with Crippen LogP contribution in [0.2, 0.25) is 0 Å². The predicted molar refractivity (Wildman–Crippen MR) is 63.3 cm³/mol.